The van der Waals surface area contributed by atoms with Gasteiger partial charge in [-0.05, 0) is 55.2 Å². The van der Waals surface area contributed by atoms with Gasteiger partial charge in [0.25, 0.3) is 5.91 Å². The standard InChI is InChI=1S/C24H26ClN3O3/c1-30-21-9-6-16(12-22(21)31-2)14-27-23-18-13-17(25)7-8-20(18)26-15-19(23)24(29)28-10-4-3-5-11-28/h6-9,12-13,15H,3-5,10-11,14H2,1-2H3,(H,26,27). The quantitative estimate of drug-likeness (QED) is 0.575. The van der Waals surface area contributed by atoms with Gasteiger partial charge in [-0.25, -0.2) is 0 Å². The molecule has 3 aromatic rings. The van der Waals surface area contributed by atoms with E-state index in [4.69, 9.17) is 21.1 Å². The Bertz CT molecular complexity index is 1100. The third kappa shape index (κ3) is 4.54. The molecule has 1 saturated heterocycles. The van der Waals surface area contributed by atoms with Crippen molar-refractivity contribution in [2.75, 3.05) is 32.6 Å². The minimum absolute atomic E-state index is 0.00360. The van der Waals surface area contributed by atoms with E-state index in [0.29, 0.717) is 28.6 Å². The Labute approximate surface area is 187 Å². The molecule has 31 heavy (non-hydrogen) atoms. The second-order valence-corrected chi connectivity index (χ2v) is 8.04. The van der Waals surface area contributed by atoms with Crippen LogP contribution in [-0.4, -0.2) is 43.1 Å². The van der Waals surface area contributed by atoms with Crippen LogP contribution in [0.15, 0.2) is 42.6 Å². The maximum atomic E-state index is 13.3. The number of aromatic nitrogens is 1. The number of anilines is 1. The number of hydrogen-bond donors (Lipinski definition) is 1. The molecule has 7 heteroatoms. The molecular formula is C24H26ClN3O3. The highest BCUT2D eigenvalue weighted by atomic mass is 35.5. The maximum absolute atomic E-state index is 13.3. The molecule has 1 aliphatic heterocycles. The number of fused-ring (bicyclic) bond motifs is 1. The van der Waals surface area contributed by atoms with E-state index in [1.165, 1.54) is 6.42 Å². The van der Waals surface area contributed by atoms with Gasteiger partial charge in [-0.15, -0.1) is 0 Å². The molecule has 1 amide bonds. The number of benzene rings is 2. The van der Waals surface area contributed by atoms with Gasteiger partial charge in [-0.2, -0.15) is 0 Å². The zero-order valence-corrected chi connectivity index (χ0v) is 18.5. The van der Waals surface area contributed by atoms with Crippen LogP contribution in [0.25, 0.3) is 10.9 Å². The normalized spacial score (nSPS) is 13.8. The number of halogens is 1. The third-order valence-corrected chi connectivity index (χ3v) is 5.86. The number of nitrogens with one attached hydrogen (secondary N) is 1. The third-order valence-electron chi connectivity index (χ3n) is 5.62. The van der Waals surface area contributed by atoms with Crippen LogP contribution in [0.1, 0.15) is 35.2 Å². The number of rotatable bonds is 6. The Morgan fingerprint density at radius 2 is 1.84 bits per heavy atom. The number of carbonyl (C=O) groups excluding carboxylic acids is 1. The van der Waals surface area contributed by atoms with Crippen LogP contribution in [-0.2, 0) is 6.54 Å². The number of pyridine rings is 1. The highest BCUT2D eigenvalue weighted by Gasteiger charge is 2.23. The van der Waals surface area contributed by atoms with Crippen LogP contribution in [0.2, 0.25) is 5.02 Å². The zero-order valence-electron chi connectivity index (χ0n) is 17.8. The summed E-state index contributed by atoms with van der Waals surface area (Å²) in [7, 11) is 3.23. The lowest BCUT2D eigenvalue weighted by Gasteiger charge is -2.27. The van der Waals surface area contributed by atoms with E-state index >= 15 is 0 Å². The first-order valence-electron chi connectivity index (χ1n) is 10.4. The van der Waals surface area contributed by atoms with Gasteiger partial charge in [0.1, 0.15) is 0 Å². The number of carbonyl (C=O) groups is 1. The Hall–Kier alpha value is -2.99. The van der Waals surface area contributed by atoms with Gasteiger partial charge in [-0.3, -0.25) is 9.78 Å². The molecule has 162 valence electrons. The molecule has 2 aromatic carbocycles. The number of nitrogens with zero attached hydrogens (tertiary/aromatic N) is 2. The number of piperidine rings is 1. The van der Waals surface area contributed by atoms with Crippen molar-refractivity contribution in [3.63, 3.8) is 0 Å². The van der Waals surface area contributed by atoms with Gasteiger partial charge in [0.05, 0.1) is 31.0 Å². The SMILES string of the molecule is COc1ccc(CNc2c(C(=O)N3CCCCC3)cnc3ccc(Cl)cc23)cc1OC. The van der Waals surface area contributed by atoms with Crippen LogP contribution in [0.4, 0.5) is 5.69 Å². The van der Waals surface area contributed by atoms with Crippen molar-refractivity contribution in [3.05, 3.63) is 58.7 Å². The lowest BCUT2D eigenvalue weighted by atomic mass is 10.1. The first-order valence-corrected chi connectivity index (χ1v) is 10.8. The molecule has 1 aliphatic rings. The van der Waals surface area contributed by atoms with Crippen molar-refractivity contribution in [1.82, 2.24) is 9.88 Å². The minimum Gasteiger partial charge on any atom is -0.493 e. The Balaban J connectivity index is 1.70. The molecule has 1 aromatic heterocycles. The molecule has 0 atom stereocenters. The van der Waals surface area contributed by atoms with Crippen molar-refractivity contribution in [1.29, 1.82) is 0 Å². The summed E-state index contributed by atoms with van der Waals surface area (Å²) in [5.41, 5.74) is 3.10. The number of ether oxygens (including phenoxy) is 2. The number of likely N-dealkylation sites (tertiary alicyclic amines) is 1. The maximum Gasteiger partial charge on any atom is 0.257 e. The molecule has 1 N–H and O–H groups in total. The second kappa shape index (κ2) is 9.43. The fourth-order valence-corrected chi connectivity index (χ4v) is 4.14. The van der Waals surface area contributed by atoms with Crippen LogP contribution >= 0.6 is 11.6 Å². The summed E-state index contributed by atoms with van der Waals surface area (Å²) in [6.07, 6.45) is 4.91. The average Bonchev–Trinajstić information content (AvgIpc) is 2.82. The minimum atomic E-state index is 0.00360. The predicted molar refractivity (Wildman–Crippen MR) is 123 cm³/mol. The molecular weight excluding hydrogens is 414 g/mol. The van der Waals surface area contributed by atoms with E-state index in [2.05, 4.69) is 10.3 Å². The summed E-state index contributed by atoms with van der Waals surface area (Å²) in [6.45, 7) is 2.06. The van der Waals surface area contributed by atoms with Crippen molar-refractivity contribution in [2.45, 2.75) is 25.8 Å². The smallest absolute Gasteiger partial charge is 0.257 e. The van der Waals surface area contributed by atoms with Gasteiger partial charge in [0.2, 0.25) is 0 Å². The number of amides is 1. The topological polar surface area (TPSA) is 63.7 Å². The largest absolute Gasteiger partial charge is 0.493 e. The summed E-state index contributed by atoms with van der Waals surface area (Å²) >= 11 is 6.28. The van der Waals surface area contributed by atoms with Gasteiger partial charge in [0.15, 0.2) is 11.5 Å². The summed E-state index contributed by atoms with van der Waals surface area (Å²) in [4.78, 5) is 19.8. The number of hydrogen-bond acceptors (Lipinski definition) is 5. The molecule has 1 fully saturated rings. The molecule has 0 saturated carbocycles. The predicted octanol–water partition coefficient (Wildman–Crippen LogP) is 5.14. The van der Waals surface area contributed by atoms with Crippen molar-refractivity contribution in [3.8, 4) is 11.5 Å². The average molecular weight is 440 g/mol. The molecule has 0 unspecified atom stereocenters. The lowest BCUT2D eigenvalue weighted by molar-refractivity contribution is 0.0725. The van der Waals surface area contributed by atoms with Gasteiger partial charge < -0.3 is 19.7 Å². The molecule has 0 spiro atoms. The van der Waals surface area contributed by atoms with E-state index < -0.39 is 0 Å². The van der Waals surface area contributed by atoms with Crippen molar-refractivity contribution >= 4 is 34.1 Å². The van der Waals surface area contributed by atoms with Gasteiger partial charge in [-0.1, -0.05) is 17.7 Å². The fourth-order valence-electron chi connectivity index (χ4n) is 3.97. The van der Waals surface area contributed by atoms with E-state index in [9.17, 15) is 4.79 Å². The highest BCUT2D eigenvalue weighted by Crippen LogP contribution is 2.32. The van der Waals surface area contributed by atoms with E-state index in [-0.39, 0.29) is 5.91 Å². The molecule has 0 aliphatic carbocycles. The summed E-state index contributed by atoms with van der Waals surface area (Å²) in [5.74, 6) is 1.34. The van der Waals surface area contributed by atoms with E-state index in [1.807, 2.05) is 35.2 Å². The first kappa shape index (κ1) is 21.2. The number of methoxy groups -OCH3 is 2. The summed E-state index contributed by atoms with van der Waals surface area (Å²) in [6, 6.07) is 11.3. The van der Waals surface area contributed by atoms with Crippen LogP contribution in [0.3, 0.4) is 0 Å². The zero-order chi connectivity index (χ0) is 21.8. The van der Waals surface area contributed by atoms with Gasteiger partial charge >= 0.3 is 0 Å². The molecule has 2 heterocycles. The Morgan fingerprint density at radius 1 is 1.06 bits per heavy atom. The van der Waals surface area contributed by atoms with Crippen molar-refractivity contribution < 1.29 is 14.3 Å². The Morgan fingerprint density at radius 3 is 2.58 bits per heavy atom. The second-order valence-electron chi connectivity index (χ2n) is 7.60. The monoisotopic (exact) mass is 439 g/mol. The summed E-state index contributed by atoms with van der Waals surface area (Å²) < 4.78 is 10.7. The van der Waals surface area contributed by atoms with Crippen molar-refractivity contribution in [2.24, 2.45) is 0 Å². The first-order chi connectivity index (χ1) is 15.1. The molecule has 4 rings (SSSR count). The lowest BCUT2D eigenvalue weighted by Crippen LogP contribution is -2.36. The highest BCUT2D eigenvalue weighted by molar-refractivity contribution is 6.31. The van der Waals surface area contributed by atoms with Crippen LogP contribution in [0, 0.1) is 0 Å². The van der Waals surface area contributed by atoms with Gasteiger partial charge in [0, 0.05) is 36.2 Å². The molecule has 0 bridgehead atoms. The summed E-state index contributed by atoms with van der Waals surface area (Å²) in [5, 5.41) is 4.90. The molecule has 6 nitrogen and oxygen atoms in total. The van der Waals surface area contributed by atoms with E-state index in [1.54, 1.807) is 26.5 Å². The van der Waals surface area contributed by atoms with E-state index in [0.717, 1.165) is 48.1 Å². The van der Waals surface area contributed by atoms with Crippen LogP contribution in [0.5, 0.6) is 11.5 Å². The fraction of sp³-hybridized carbons (Fsp3) is 0.333. The molecule has 0 radical (unpaired) electrons. The Kier molecular flexibility index (Phi) is 6.47. The van der Waals surface area contributed by atoms with Crippen LogP contribution < -0.4 is 14.8 Å².